The van der Waals surface area contributed by atoms with E-state index in [1.807, 2.05) is 0 Å². The third-order valence-corrected chi connectivity index (χ3v) is 2.47. The SMILES string of the molecule is Cc1nc(OC2CCOC2)ccc1C(=O)O. The number of carboxylic acid groups (broad SMARTS) is 1. The van der Waals surface area contributed by atoms with Gasteiger partial charge in [-0.2, -0.15) is 0 Å². The third kappa shape index (κ3) is 2.30. The molecule has 1 fully saturated rings. The minimum atomic E-state index is -0.972. The molecule has 1 atom stereocenters. The second kappa shape index (κ2) is 4.49. The molecule has 0 aliphatic carbocycles. The first-order valence-corrected chi connectivity index (χ1v) is 5.12. The van der Waals surface area contributed by atoms with Crippen LogP contribution in [-0.2, 0) is 4.74 Å². The fourth-order valence-electron chi connectivity index (χ4n) is 1.61. The molecule has 1 aromatic heterocycles. The number of ether oxygens (including phenoxy) is 2. The van der Waals surface area contributed by atoms with E-state index in [4.69, 9.17) is 14.6 Å². The quantitative estimate of drug-likeness (QED) is 0.835. The second-order valence-electron chi connectivity index (χ2n) is 3.69. The van der Waals surface area contributed by atoms with Gasteiger partial charge in [0.2, 0.25) is 5.88 Å². The number of nitrogens with zero attached hydrogens (tertiary/aromatic N) is 1. The number of carbonyl (C=O) groups is 1. The van der Waals surface area contributed by atoms with E-state index in [0.29, 0.717) is 24.8 Å². The molecule has 0 bridgehead atoms. The number of hydrogen-bond donors (Lipinski definition) is 1. The van der Waals surface area contributed by atoms with Gasteiger partial charge in [0.25, 0.3) is 0 Å². The molecule has 16 heavy (non-hydrogen) atoms. The maximum absolute atomic E-state index is 10.8. The van der Waals surface area contributed by atoms with Crippen LogP contribution in [0.2, 0.25) is 0 Å². The highest BCUT2D eigenvalue weighted by molar-refractivity contribution is 5.88. The molecule has 0 amide bonds. The first-order chi connectivity index (χ1) is 7.66. The summed E-state index contributed by atoms with van der Waals surface area (Å²) in [5, 5.41) is 8.84. The van der Waals surface area contributed by atoms with Gasteiger partial charge >= 0.3 is 5.97 Å². The highest BCUT2D eigenvalue weighted by Gasteiger charge is 2.18. The predicted octanol–water partition coefficient (Wildman–Crippen LogP) is 1.26. The minimum Gasteiger partial charge on any atom is -0.478 e. The van der Waals surface area contributed by atoms with E-state index in [1.165, 1.54) is 6.07 Å². The molecule has 1 N–H and O–H groups in total. The molecule has 1 aromatic rings. The largest absolute Gasteiger partial charge is 0.478 e. The molecule has 1 aliphatic heterocycles. The Labute approximate surface area is 93.0 Å². The Kier molecular flexibility index (Phi) is 3.05. The van der Waals surface area contributed by atoms with Crippen molar-refractivity contribution in [3.05, 3.63) is 23.4 Å². The summed E-state index contributed by atoms with van der Waals surface area (Å²) in [4.78, 5) is 14.9. The maximum atomic E-state index is 10.8. The summed E-state index contributed by atoms with van der Waals surface area (Å²) in [6.07, 6.45) is 0.879. The van der Waals surface area contributed by atoms with Crippen LogP contribution in [0.25, 0.3) is 0 Å². The molecule has 5 heteroatoms. The Morgan fingerprint density at radius 1 is 1.62 bits per heavy atom. The van der Waals surface area contributed by atoms with Gasteiger partial charge in [-0.3, -0.25) is 0 Å². The summed E-state index contributed by atoms with van der Waals surface area (Å²) in [6.45, 7) is 2.93. The van der Waals surface area contributed by atoms with Crippen LogP contribution in [0.4, 0.5) is 0 Å². The number of carboxylic acids is 1. The first kappa shape index (κ1) is 10.9. The van der Waals surface area contributed by atoms with Gasteiger partial charge in [-0.05, 0) is 13.0 Å². The average Bonchev–Trinajstić information content (AvgIpc) is 2.70. The van der Waals surface area contributed by atoms with Gasteiger partial charge in [0.05, 0.1) is 24.5 Å². The normalized spacial score (nSPS) is 19.7. The van der Waals surface area contributed by atoms with Crippen molar-refractivity contribution in [1.29, 1.82) is 0 Å². The van der Waals surface area contributed by atoms with Crippen molar-refractivity contribution in [1.82, 2.24) is 4.98 Å². The molecule has 1 unspecified atom stereocenters. The van der Waals surface area contributed by atoms with Gasteiger partial charge in [-0.25, -0.2) is 9.78 Å². The summed E-state index contributed by atoms with van der Waals surface area (Å²) in [6, 6.07) is 3.09. The number of aryl methyl sites for hydroxylation is 1. The molecule has 0 saturated carbocycles. The zero-order valence-corrected chi connectivity index (χ0v) is 8.97. The maximum Gasteiger partial charge on any atom is 0.337 e. The number of aromatic carboxylic acids is 1. The summed E-state index contributed by atoms with van der Waals surface area (Å²) >= 11 is 0. The molecule has 0 aromatic carbocycles. The molecular weight excluding hydrogens is 210 g/mol. The predicted molar refractivity (Wildman–Crippen MR) is 55.8 cm³/mol. The van der Waals surface area contributed by atoms with Gasteiger partial charge in [0.15, 0.2) is 0 Å². The molecule has 0 radical (unpaired) electrons. The zero-order valence-electron chi connectivity index (χ0n) is 8.97. The fourth-order valence-corrected chi connectivity index (χ4v) is 1.61. The number of aromatic nitrogens is 1. The standard InChI is InChI=1S/C11H13NO4/c1-7-9(11(13)14)2-3-10(12-7)16-8-4-5-15-6-8/h2-3,8H,4-6H2,1H3,(H,13,14). The van der Waals surface area contributed by atoms with Crippen LogP contribution in [-0.4, -0.2) is 35.4 Å². The van der Waals surface area contributed by atoms with E-state index in [1.54, 1.807) is 13.0 Å². The Bertz CT molecular complexity index is 399. The van der Waals surface area contributed by atoms with E-state index in [9.17, 15) is 4.79 Å². The molecule has 0 spiro atoms. The van der Waals surface area contributed by atoms with E-state index in [2.05, 4.69) is 4.98 Å². The number of hydrogen-bond acceptors (Lipinski definition) is 4. The molecule has 86 valence electrons. The number of pyridine rings is 1. The van der Waals surface area contributed by atoms with Crippen molar-refractivity contribution >= 4 is 5.97 Å². The Morgan fingerprint density at radius 3 is 3.00 bits per heavy atom. The van der Waals surface area contributed by atoms with Crippen molar-refractivity contribution in [2.45, 2.75) is 19.4 Å². The minimum absolute atomic E-state index is 0.0302. The van der Waals surface area contributed by atoms with Crippen LogP contribution in [0.5, 0.6) is 5.88 Å². The van der Waals surface area contributed by atoms with E-state index in [-0.39, 0.29) is 11.7 Å². The third-order valence-electron chi connectivity index (χ3n) is 2.47. The van der Waals surface area contributed by atoms with Crippen LogP contribution in [0, 0.1) is 6.92 Å². The average molecular weight is 223 g/mol. The van der Waals surface area contributed by atoms with Gasteiger partial charge < -0.3 is 14.6 Å². The Morgan fingerprint density at radius 2 is 2.44 bits per heavy atom. The second-order valence-corrected chi connectivity index (χ2v) is 3.69. The molecular formula is C11H13NO4. The summed E-state index contributed by atoms with van der Waals surface area (Å²) in [7, 11) is 0. The fraction of sp³-hybridized carbons (Fsp3) is 0.455. The van der Waals surface area contributed by atoms with Crippen LogP contribution in [0.15, 0.2) is 12.1 Å². The van der Waals surface area contributed by atoms with Crippen molar-refractivity contribution in [3.63, 3.8) is 0 Å². The monoisotopic (exact) mass is 223 g/mol. The van der Waals surface area contributed by atoms with Crippen LogP contribution in [0.3, 0.4) is 0 Å². The molecule has 2 heterocycles. The molecule has 2 rings (SSSR count). The van der Waals surface area contributed by atoms with E-state index < -0.39 is 5.97 Å². The summed E-state index contributed by atoms with van der Waals surface area (Å²) in [5.41, 5.74) is 0.666. The van der Waals surface area contributed by atoms with Crippen LogP contribution in [0.1, 0.15) is 22.5 Å². The highest BCUT2D eigenvalue weighted by Crippen LogP contribution is 2.17. The Balaban J connectivity index is 2.11. The molecule has 1 aliphatic rings. The van der Waals surface area contributed by atoms with Crippen molar-refractivity contribution < 1.29 is 19.4 Å². The Hall–Kier alpha value is -1.62. The zero-order chi connectivity index (χ0) is 11.5. The van der Waals surface area contributed by atoms with Gasteiger partial charge in [-0.15, -0.1) is 0 Å². The van der Waals surface area contributed by atoms with E-state index >= 15 is 0 Å². The lowest BCUT2D eigenvalue weighted by atomic mass is 10.2. The first-order valence-electron chi connectivity index (χ1n) is 5.12. The molecule has 5 nitrogen and oxygen atoms in total. The molecule has 1 saturated heterocycles. The van der Waals surface area contributed by atoms with Crippen molar-refractivity contribution in [3.8, 4) is 5.88 Å². The van der Waals surface area contributed by atoms with Crippen molar-refractivity contribution in [2.75, 3.05) is 13.2 Å². The summed E-state index contributed by atoms with van der Waals surface area (Å²) in [5.74, 6) is -0.515. The smallest absolute Gasteiger partial charge is 0.337 e. The van der Waals surface area contributed by atoms with Crippen molar-refractivity contribution in [2.24, 2.45) is 0 Å². The van der Waals surface area contributed by atoms with Gasteiger partial charge in [0, 0.05) is 12.5 Å². The van der Waals surface area contributed by atoms with E-state index in [0.717, 1.165) is 6.42 Å². The number of rotatable bonds is 3. The highest BCUT2D eigenvalue weighted by atomic mass is 16.5. The van der Waals surface area contributed by atoms with Gasteiger partial charge in [0.1, 0.15) is 6.10 Å². The van der Waals surface area contributed by atoms with Crippen LogP contribution < -0.4 is 4.74 Å². The lowest BCUT2D eigenvalue weighted by Gasteiger charge is -2.11. The lowest BCUT2D eigenvalue weighted by molar-refractivity contribution is 0.0695. The summed E-state index contributed by atoms with van der Waals surface area (Å²) < 4.78 is 10.7. The van der Waals surface area contributed by atoms with Gasteiger partial charge in [-0.1, -0.05) is 0 Å². The lowest BCUT2D eigenvalue weighted by Crippen LogP contribution is -2.17. The van der Waals surface area contributed by atoms with Crippen LogP contribution >= 0.6 is 0 Å². The topological polar surface area (TPSA) is 68.7 Å².